The summed E-state index contributed by atoms with van der Waals surface area (Å²) >= 11 is 5.70. The number of rotatable bonds is 8. The zero-order valence-electron chi connectivity index (χ0n) is 14.3. The standard InChI is InChI=1S/C17H24ClN3O2S/c1-14(2)21(13-16-11-19-20(3)12-16)24(22,23)17-8-6-15(7-9-17)5-4-10-18/h6-9,11-12,14H,4-5,10,13H2,1-3H3. The Morgan fingerprint density at radius 3 is 2.38 bits per heavy atom. The fraction of sp³-hybridized carbons (Fsp3) is 0.471. The highest BCUT2D eigenvalue weighted by Crippen LogP contribution is 2.21. The Morgan fingerprint density at radius 2 is 1.88 bits per heavy atom. The molecule has 0 saturated carbocycles. The average Bonchev–Trinajstić information content (AvgIpc) is 2.96. The first-order valence-electron chi connectivity index (χ1n) is 7.99. The van der Waals surface area contributed by atoms with E-state index in [4.69, 9.17) is 11.6 Å². The van der Waals surface area contributed by atoms with Gasteiger partial charge in [0.1, 0.15) is 0 Å². The molecule has 0 amide bonds. The third-order valence-electron chi connectivity index (χ3n) is 3.80. The minimum atomic E-state index is -3.56. The van der Waals surface area contributed by atoms with Crippen LogP contribution in [0.2, 0.25) is 0 Å². The van der Waals surface area contributed by atoms with Crippen LogP contribution in [0.5, 0.6) is 0 Å². The lowest BCUT2D eigenvalue weighted by molar-refractivity contribution is 0.348. The number of alkyl halides is 1. The zero-order valence-corrected chi connectivity index (χ0v) is 15.9. The number of hydrogen-bond acceptors (Lipinski definition) is 3. The Morgan fingerprint density at radius 1 is 1.21 bits per heavy atom. The molecule has 0 radical (unpaired) electrons. The maximum Gasteiger partial charge on any atom is 0.243 e. The van der Waals surface area contributed by atoms with Crippen LogP contribution in [0, 0.1) is 0 Å². The van der Waals surface area contributed by atoms with Gasteiger partial charge in [-0.2, -0.15) is 9.40 Å². The summed E-state index contributed by atoms with van der Waals surface area (Å²) in [5, 5.41) is 4.11. The van der Waals surface area contributed by atoms with Gasteiger partial charge in [-0.3, -0.25) is 4.68 Å². The van der Waals surface area contributed by atoms with E-state index in [1.807, 2.05) is 39.2 Å². The van der Waals surface area contributed by atoms with E-state index in [0.717, 1.165) is 24.0 Å². The molecule has 0 spiro atoms. The molecule has 0 bridgehead atoms. The summed E-state index contributed by atoms with van der Waals surface area (Å²) in [5.41, 5.74) is 1.96. The van der Waals surface area contributed by atoms with Gasteiger partial charge < -0.3 is 0 Å². The van der Waals surface area contributed by atoms with E-state index in [9.17, 15) is 8.42 Å². The smallest absolute Gasteiger partial charge is 0.243 e. The second-order valence-electron chi connectivity index (χ2n) is 6.10. The second kappa shape index (κ2) is 8.14. The maximum atomic E-state index is 13.0. The van der Waals surface area contributed by atoms with Crippen molar-refractivity contribution in [3.05, 3.63) is 47.8 Å². The van der Waals surface area contributed by atoms with Gasteiger partial charge in [0, 0.05) is 37.3 Å². The Balaban J connectivity index is 2.24. The van der Waals surface area contributed by atoms with Crippen LogP contribution in [0.1, 0.15) is 31.4 Å². The van der Waals surface area contributed by atoms with E-state index in [0.29, 0.717) is 17.3 Å². The molecular formula is C17H24ClN3O2S. The Labute approximate surface area is 149 Å². The van der Waals surface area contributed by atoms with Gasteiger partial charge >= 0.3 is 0 Å². The van der Waals surface area contributed by atoms with Gasteiger partial charge in [-0.25, -0.2) is 8.42 Å². The number of aryl methyl sites for hydroxylation is 2. The molecule has 0 saturated heterocycles. The monoisotopic (exact) mass is 369 g/mol. The quantitative estimate of drug-likeness (QED) is 0.671. The molecule has 0 atom stereocenters. The number of benzene rings is 1. The summed E-state index contributed by atoms with van der Waals surface area (Å²) in [5.74, 6) is 0.603. The van der Waals surface area contributed by atoms with Gasteiger partial charge in [-0.15, -0.1) is 11.6 Å². The predicted octanol–water partition coefficient (Wildman–Crippen LogP) is 3.19. The van der Waals surface area contributed by atoms with Crippen LogP contribution < -0.4 is 0 Å². The molecular weight excluding hydrogens is 346 g/mol. The number of nitrogens with zero attached hydrogens (tertiary/aromatic N) is 3. The van der Waals surface area contributed by atoms with Gasteiger partial charge in [-0.1, -0.05) is 12.1 Å². The molecule has 0 fully saturated rings. The van der Waals surface area contributed by atoms with Crippen molar-refractivity contribution >= 4 is 21.6 Å². The topological polar surface area (TPSA) is 55.2 Å². The molecule has 0 N–H and O–H groups in total. The predicted molar refractivity (Wildman–Crippen MR) is 96.6 cm³/mol. The molecule has 7 heteroatoms. The number of halogens is 1. The molecule has 2 rings (SSSR count). The summed E-state index contributed by atoms with van der Waals surface area (Å²) in [4.78, 5) is 0.315. The molecule has 0 aliphatic heterocycles. The fourth-order valence-electron chi connectivity index (χ4n) is 2.51. The van der Waals surface area contributed by atoms with E-state index < -0.39 is 10.0 Å². The number of hydrogen-bond donors (Lipinski definition) is 0. The van der Waals surface area contributed by atoms with Crippen LogP contribution in [0.4, 0.5) is 0 Å². The van der Waals surface area contributed by atoms with E-state index >= 15 is 0 Å². The first-order valence-corrected chi connectivity index (χ1v) is 9.96. The summed E-state index contributed by atoms with van der Waals surface area (Å²) < 4.78 is 29.1. The Bertz CT molecular complexity index is 754. The van der Waals surface area contributed by atoms with Crippen molar-refractivity contribution in [3.8, 4) is 0 Å². The van der Waals surface area contributed by atoms with E-state index in [1.54, 1.807) is 23.0 Å². The Hall–Kier alpha value is -1.37. The van der Waals surface area contributed by atoms with E-state index in [2.05, 4.69) is 5.10 Å². The van der Waals surface area contributed by atoms with Crippen molar-refractivity contribution < 1.29 is 8.42 Å². The van der Waals surface area contributed by atoms with Crippen molar-refractivity contribution in [2.45, 2.75) is 44.2 Å². The number of sulfonamides is 1. The van der Waals surface area contributed by atoms with Gasteiger partial charge in [0.25, 0.3) is 0 Å². The summed E-state index contributed by atoms with van der Waals surface area (Å²) in [6, 6.07) is 6.94. The lowest BCUT2D eigenvalue weighted by atomic mass is 10.1. The lowest BCUT2D eigenvalue weighted by Gasteiger charge is -2.25. The first kappa shape index (κ1) is 19.0. The Kier molecular flexibility index (Phi) is 6.43. The van der Waals surface area contributed by atoms with Crippen LogP contribution in [-0.4, -0.2) is 34.4 Å². The minimum Gasteiger partial charge on any atom is -0.275 e. The van der Waals surface area contributed by atoms with Crippen molar-refractivity contribution in [2.75, 3.05) is 5.88 Å². The van der Waals surface area contributed by atoms with E-state index in [1.165, 1.54) is 4.31 Å². The van der Waals surface area contributed by atoms with Crippen LogP contribution in [0.15, 0.2) is 41.6 Å². The largest absolute Gasteiger partial charge is 0.275 e. The molecule has 5 nitrogen and oxygen atoms in total. The molecule has 0 aliphatic carbocycles. The van der Waals surface area contributed by atoms with Gasteiger partial charge in [0.2, 0.25) is 10.0 Å². The second-order valence-corrected chi connectivity index (χ2v) is 8.37. The van der Waals surface area contributed by atoms with Crippen LogP contribution in [0.25, 0.3) is 0 Å². The molecule has 0 aliphatic rings. The van der Waals surface area contributed by atoms with Crippen LogP contribution in [0.3, 0.4) is 0 Å². The third kappa shape index (κ3) is 4.59. The number of aromatic nitrogens is 2. The van der Waals surface area contributed by atoms with Gasteiger partial charge in [-0.05, 0) is 44.4 Å². The normalized spacial score (nSPS) is 12.2. The summed E-state index contributed by atoms with van der Waals surface area (Å²) in [6.45, 7) is 4.06. The summed E-state index contributed by atoms with van der Waals surface area (Å²) in [7, 11) is -1.74. The minimum absolute atomic E-state index is 0.147. The molecule has 2 aromatic rings. The molecule has 0 unspecified atom stereocenters. The molecule has 1 heterocycles. The lowest BCUT2D eigenvalue weighted by Crippen LogP contribution is -2.36. The fourth-order valence-corrected chi connectivity index (χ4v) is 4.27. The summed E-state index contributed by atoms with van der Waals surface area (Å²) in [6.07, 6.45) is 5.26. The van der Waals surface area contributed by atoms with Crippen molar-refractivity contribution in [2.24, 2.45) is 7.05 Å². The van der Waals surface area contributed by atoms with Crippen LogP contribution >= 0.6 is 11.6 Å². The van der Waals surface area contributed by atoms with Crippen molar-refractivity contribution in [1.29, 1.82) is 0 Å². The van der Waals surface area contributed by atoms with Crippen molar-refractivity contribution in [3.63, 3.8) is 0 Å². The maximum absolute atomic E-state index is 13.0. The highest BCUT2D eigenvalue weighted by molar-refractivity contribution is 7.89. The molecule has 1 aromatic carbocycles. The van der Waals surface area contributed by atoms with Gasteiger partial charge in [0.15, 0.2) is 0 Å². The van der Waals surface area contributed by atoms with Crippen LogP contribution in [-0.2, 0) is 30.0 Å². The molecule has 1 aromatic heterocycles. The van der Waals surface area contributed by atoms with Gasteiger partial charge in [0.05, 0.1) is 11.1 Å². The van der Waals surface area contributed by atoms with Crippen molar-refractivity contribution in [1.82, 2.24) is 14.1 Å². The first-order chi connectivity index (χ1) is 11.3. The third-order valence-corrected chi connectivity index (χ3v) is 6.11. The molecule has 132 valence electrons. The zero-order chi connectivity index (χ0) is 17.7. The SMILES string of the molecule is CC(C)N(Cc1cnn(C)c1)S(=O)(=O)c1ccc(CCCCl)cc1. The average molecular weight is 370 g/mol. The molecule has 24 heavy (non-hydrogen) atoms. The highest BCUT2D eigenvalue weighted by atomic mass is 35.5. The van der Waals surface area contributed by atoms with E-state index in [-0.39, 0.29) is 6.04 Å². The highest BCUT2D eigenvalue weighted by Gasteiger charge is 2.27.